The molecule has 0 N–H and O–H groups in total. The Labute approximate surface area is 100 Å². The second-order valence-electron chi connectivity index (χ2n) is 3.57. The van der Waals surface area contributed by atoms with Gasteiger partial charge in [0.25, 0.3) is 0 Å². The number of hydrogen-bond donors (Lipinski definition) is 0. The highest BCUT2D eigenvalue weighted by Crippen LogP contribution is 2.13. The van der Waals surface area contributed by atoms with E-state index in [1.807, 2.05) is 48.8 Å². The Bertz CT molecular complexity index is 465. The lowest BCUT2D eigenvalue weighted by atomic mass is 10.2. The van der Waals surface area contributed by atoms with Gasteiger partial charge in [0, 0.05) is 12.6 Å². The van der Waals surface area contributed by atoms with Crippen molar-refractivity contribution >= 4 is 6.29 Å². The minimum absolute atomic E-state index is 0.320. The van der Waals surface area contributed by atoms with E-state index < -0.39 is 0 Å². The lowest BCUT2D eigenvalue weighted by molar-refractivity contribution is 0.301. The van der Waals surface area contributed by atoms with Gasteiger partial charge in [-0.1, -0.05) is 18.2 Å². The van der Waals surface area contributed by atoms with Crippen molar-refractivity contribution in [2.75, 3.05) is 0 Å². The van der Waals surface area contributed by atoms with Crippen molar-refractivity contribution in [2.45, 2.75) is 13.0 Å². The highest BCUT2D eigenvalue weighted by molar-refractivity contribution is 5.55. The Kier molecular flexibility index (Phi) is 3.86. The zero-order chi connectivity index (χ0) is 11.9. The molecule has 0 aliphatic carbocycles. The summed E-state index contributed by atoms with van der Waals surface area (Å²) in [5, 5.41) is 0. The summed E-state index contributed by atoms with van der Waals surface area (Å²) in [6, 6.07) is 13.1. The molecule has 2 rings (SSSR count). The van der Waals surface area contributed by atoms with E-state index in [1.165, 1.54) is 0 Å². The number of hydrogen-bond acceptors (Lipinski definition) is 3. The highest BCUT2D eigenvalue weighted by Gasteiger charge is 1.97. The van der Waals surface area contributed by atoms with E-state index in [4.69, 9.17) is 4.74 Å². The molecule has 3 heteroatoms. The van der Waals surface area contributed by atoms with Crippen molar-refractivity contribution in [3.8, 4) is 5.75 Å². The summed E-state index contributed by atoms with van der Waals surface area (Å²) in [7, 11) is 0. The van der Waals surface area contributed by atoms with E-state index >= 15 is 0 Å². The predicted molar refractivity (Wildman–Crippen MR) is 64.4 cm³/mol. The van der Waals surface area contributed by atoms with Gasteiger partial charge in [-0.05, 0) is 29.8 Å². The van der Waals surface area contributed by atoms with Gasteiger partial charge in [-0.3, -0.25) is 9.78 Å². The van der Waals surface area contributed by atoms with Crippen LogP contribution in [0.15, 0.2) is 48.7 Å². The summed E-state index contributed by atoms with van der Waals surface area (Å²) in [5.41, 5.74) is 1.82. The molecule has 0 spiro atoms. The quantitative estimate of drug-likeness (QED) is 0.785. The molecule has 0 unspecified atom stereocenters. The topological polar surface area (TPSA) is 39.2 Å². The summed E-state index contributed by atoms with van der Waals surface area (Å²) >= 11 is 0. The normalized spacial score (nSPS) is 9.88. The third-order valence-electron chi connectivity index (χ3n) is 2.31. The van der Waals surface area contributed by atoms with Crippen LogP contribution in [0.2, 0.25) is 0 Å². The van der Waals surface area contributed by atoms with Crippen LogP contribution in [0.4, 0.5) is 0 Å². The van der Waals surface area contributed by atoms with Crippen molar-refractivity contribution in [1.29, 1.82) is 0 Å². The van der Waals surface area contributed by atoms with Gasteiger partial charge in [0.15, 0.2) is 0 Å². The van der Waals surface area contributed by atoms with E-state index in [9.17, 15) is 4.79 Å². The Balaban J connectivity index is 1.93. The van der Waals surface area contributed by atoms with Crippen LogP contribution in [-0.2, 0) is 17.8 Å². The van der Waals surface area contributed by atoms with Gasteiger partial charge in [0.2, 0.25) is 6.29 Å². The second-order valence-corrected chi connectivity index (χ2v) is 3.57. The molecule has 1 aromatic carbocycles. The van der Waals surface area contributed by atoms with Gasteiger partial charge in [-0.2, -0.15) is 0 Å². The number of nitrogens with zero attached hydrogens (tertiary/aromatic N) is 1. The van der Waals surface area contributed by atoms with Crippen LogP contribution in [-0.4, -0.2) is 11.3 Å². The van der Waals surface area contributed by atoms with Crippen LogP contribution in [0.25, 0.3) is 0 Å². The second kappa shape index (κ2) is 5.80. The van der Waals surface area contributed by atoms with Gasteiger partial charge in [-0.25, -0.2) is 0 Å². The monoisotopic (exact) mass is 226 g/mol. The standard InChI is InChI=1S/C14H12NO2/c16-10-8-12-4-6-14(7-5-12)17-11-13-3-1-2-9-15-13/h1-7,9H,8,11H2. The zero-order valence-corrected chi connectivity index (χ0v) is 9.30. The molecular weight excluding hydrogens is 214 g/mol. The van der Waals surface area contributed by atoms with Crippen molar-refractivity contribution in [3.05, 3.63) is 59.9 Å². The number of ether oxygens (including phenoxy) is 1. The first-order valence-electron chi connectivity index (χ1n) is 5.35. The molecule has 0 saturated carbocycles. The Morgan fingerprint density at radius 2 is 1.94 bits per heavy atom. The molecule has 2 aromatic rings. The van der Waals surface area contributed by atoms with Crippen LogP contribution in [0.5, 0.6) is 5.75 Å². The molecule has 0 aliphatic heterocycles. The smallest absolute Gasteiger partial charge is 0.203 e. The van der Waals surface area contributed by atoms with Crippen molar-refractivity contribution in [3.63, 3.8) is 0 Å². The highest BCUT2D eigenvalue weighted by atomic mass is 16.5. The minimum atomic E-state index is 0.320. The van der Waals surface area contributed by atoms with Crippen molar-refractivity contribution in [1.82, 2.24) is 4.98 Å². The van der Waals surface area contributed by atoms with E-state index in [1.54, 1.807) is 6.20 Å². The van der Waals surface area contributed by atoms with Crippen LogP contribution in [0.3, 0.4) is 0 Å². The maximum absolute atomic E-state index is 10.2. The molecule has 85 valence electrons. The van der Waals surface area contributed by atoms with Gasteiger partial charge < -0.3 is 4.74 Å². The average Bonchev–Trinajstić information content (AvgIpc) is 2.40. The van der Waals surface area contributed by atoms with Crippen molar-refractivity contribution in [2.24, 2.45) is 0 Å². The summed E-state index contributed by atoms with van der Waals surface area (Å²) < 4.78 is 5.56. The maximum atomic E-state index is 10.2. The van der Waals surface area contributed by atoms with Crippen molar-refractivity contribution < 1.29 is 9.53 Å². The fourth-order valence-electron chi connectivity index (χ4n) is 1.43. The molecule has 1 aromatic heterocycles. The molecule has 0 fully saturated rings. The lowest BCUT2D eigenvalue weighted by Crippen LogP contribution is -1.97. The first-order chi connectivity index (χ1) is 8.38. The van der Waals surface area contributed by atoms with Gasteiger partial charge in [0.05, 0.1) is 5.69 Å². The summed E-state index contributed by atoms with van der Waals surface area (Å²) in [6.45, 7) is 0.444. The fraction of sp³-hybridized carbons (Fsp3) is 0.143. The first-order valence-corrected chi connectivity index (χ1v) is 5.35. The van der Waals surface area contributed by atoms with E-state index in [0.29, 0.717) is 13.0 Å². The summed E-state index contributed by atoms with van der Waals surface area (Å²) in [5.74, 6) is 0.769. The molecule has 17 heavy (non-hydrogen) atoms. The molecule has 0 saturated heterocycles. The van der Waals surface area contributed by atoms with Crippen LogP contribution in [0.1, 0.15) is 11.3 Å². The van der Waals surface area contributed by atoms with Crippen LogP contribution < -0.4 is 4.74 Å². The SMILES string of the molecule is O=[C]Cc1ccc(OCc2ccccn2)cc1. The Hall–Kier alpha value is -2.16. The minimum Gasteiger partial charge on any atom is -0.487 e. The predicted octanol–water partition coefficient (Wildman–Crippen LogP) is 2.31. The molecular formula is C14H12NO2. The number of rotatable bonds is 5. The average molecular weight is 226 g/mol. The number of aromatic nitrogens is 1. The summed E-state index contributed by atoms with van der Waals surface area (Å²) in [6.07, 6.45) is 3.92. The lowest BCUT2D eigenvalue weighted by Gasteiger charge is -2.05. The van der Waals surface area contributed by atoms with Crippen LogP contribution >= 0.6 is 0 Å². The number of pyridine rings is 1. The largest absolute Gasteiger partial charge is 0.487 e. The Morgan fingerprint density at radius 1 is 1.12 bits per heavy atom. The maximum Gasteiger partial charge on any atom is 0.203 e. The molecule has 0 aliphatic rings. The third kappa shape index (κ3) is 3.41. The number of benzene rings is 1. The van der Waals surface area contributed by atoms with Gasteiger partial charge in [0.1, 0.15) is 12.4 Å². The molecule has 3 nitrogen and oxygen atoms in total. The van der Waals surface area contributed by atoms with Gasteiger partial charge in [-0.15, -0.1) is 0 Å². The number of carbonyl (C=O) groups excluding carboxylic acids is 1. The first kappa shape index (κ1) is 11.3. The van der Waals surface area contributed by atoms with E-state index in [0.717, 1.165) is 17.0 Å². The fourth-order valence-corrected chi connectivity index (χ4v) is 1.43. The van der Waals surface area contributed by atoms with E-state index in [2.05, 4.69) is 4.98 Å². The molecule has 0 amide bonds. The summed E-state index contributed by atoms with van der Waals surface area (Å²) in [4.78, 5) is 14.4. The molecule has 1 heterocycles. The van der Waals surface area contributed by atoms with Gasteiger partial charge >= 0.3 is 0 Å². The van der Waals surface area contributed by atoms with Crippen LogP contribution in [0, 0.1) is 0 Å². The Morgan fingerprint density at radius 3 is 2.59 bits per heavy atom. The zero-order valence-electron chi connectivity index (χ0n) is 9.30. The molecule has 0 atom stereocenters. The molecule has 0 bridgehead atoms. The molecule has 1 radical (unpaired) electrons. The van der Waals surface area contributed by atoms with E-state index in [-0.39, 0.29) is 0 Å². The third-order valence-corrected chi connectivity index (χ3v) is 2.31.